The molecule has 1 rings (SSSR count). The van der Waals surface area contributed by atoms with E-state index in [2.05, 4.69) is 16.6 Å². The highest BCUT2D eigenvalue weighted by Crippen LogP contribution is 2.24. The Bertz CT molecular complexity index is 477. The summed E-state index contributed by atoms with van der Waals surface area (Å²) < 4.78 is 9.37. The van der Waals surface area contributed by atoms with E-state index in [0.717, 1.165) is 6.42 Å². The Morgan fingerprint density at radius 2 is 2.00 bits per heavy atom. The molecule has 0 N–H and O–H groups in total. The minimum atomic E-state index is -0.521. The molecule has 0 saturated carbocycles. The first-order chi connectivity index (χ1) is 10.5. The van der Waals surface area contributed by atoms with Crippen LogP contribution in [0.15, 0.2) is 0 Å². The van der Waals surface area contributed by atoms with Crippen LogP contribution in [0.4, 0.5) is 0 Å². The Morgan fingerprint density at radius 3 is 2.59 bits per heavy atom. The summed E-state index contributed by atoms with van der Waals surface area (Å²) >= 11 is 0. The molecule has 0 aromatic rings. The van der Waals surface area contributed by atoms with Crippen LogP contribution in [-0.2, 0) is 23.9 Å². The summed E-state index contributed by atoms with van der Waals surface area (Å²) in [6.45, 7) is 2.24. The first kappa shape index (κ1) is 18.0. The number of ether oxygens (including phenoxy) is 2. The van der Waals surface area contributed by atoms with Gasteiger partial charge in [0.1, 0.15) is 6.04 Å². The molecule has 1 unspecified atom stereocenters. The van der Waals surface area contributed by atoms with Gasteiger partial charge in [0.05, 0.1) is 14.2 Å². The average molecular weight is 309 g/mol. The van der Waals surface area contributed by atoms with E-state index in [4.69, 9.17) is 4.74 Å². The molecule has 6 heteroatoms. The van der Waals surface area contributed by atoms with E-state index in [1.165, 1.54) is 14.2 Å². The minimum absolute atomic E-state index is 0.139. The summed E-state index contributed by atoms with van der Waals surface area (Å²) in [7, 11) is 2.64. The van der Waals surface area contributed by atoms with Crippen molar-refractivity contribution in [3.8, 4) is 11.8 Å². The van der Waals surface area contributed by atoms with Gasteiger partial charge in [0, 0.05) is 25.3 Å². The summed E-state index contributed by atoms with van der Waals surface area (Å²) in [5, 5.41) is 0. The lowest BCUT2D eigenvalue weighted by Gasteiger charge is -2.26. The predicted octanol–water partition coefficient (Wildman–Crippen LogP) is 1.13. The fourth-order valence-corrected chi connectivity index (χ4v) is 2.58. The molecule has 2 atom stereocenters. The van der Waals surface area contributed by atoms with E-state index in [1.807, 2.05) is 0 Å². The number of carbonyl (C=O) groups is 3. The van der Waals surface area contributed by atoms with Crippen molar-refractivity contribution in [2.24, 2.45) is 5.92 Å². The number of rotatable bonds is 6. The van der Waals surface area contributed by atoms with Gasteiger partial charge in [0.25, 0.3) is 0 Å². The van der Waals surface area contributed by atoms with Crippen LogP contribution < -0.4 is 0 Å². The monoisotopic (exact) mass is 309 g/mol. The lowest BCUT2D eigenvalue weighted by Crippen LogP contribution is -2.44. The number of esters is 2. The molecular weight excluding hydrogens is 286 g/mol. The second kappa shape index (κ2) is 9.08. The third-order valence-corrected chi connectivity index (χ3v) is 3.81. The molecule has 0 bridgehead atoms. The van der Waals surface area contributed by atoms with Crippen LogP contribution in [0.3, 0.4) is 0 Å². The normalized spacial score (nSPS) is 18.1. The molecule has 1 saturated heterocycles. The Morgan fingerprint density at radius 1 is 1.27 bits per heavy atom. The van der Waals surface area contributed by atoms with Gasteiger partial charge in [-0.25, -0.2) is 4.79 Å². The molecule has 6 nitrogen and oxygen atoms in total. The van der Waals surface area contributed by atoms with Crippen molar-refractivity contribution in [1.82, 2.24) is 4.90 Å². The highest BCUT2D eigenvalue weighted by Gasteiger charge is 2.37. The van der Waals surface area contributed by atoms with Crippen LogP contribution in [0.25, 0.3) is 0 Å². The Balaban J connectivity index is 2.78. The molecule has 0 aliphatic carbocycles. The van der Waals surface area contributed by atoms with E-state index in [9.17, 15) is 14.4 Å². The number of nitrogens with zero attached hydrogens (tertiary/aromatic N) is 1. The number of amides is 1. The van der Waals surface area contributed by atoms with E-state index in [-0.39, 0.29) is 24.3 Å². The zero-order valence-electron chi connectivity index (χ0n) is 13.4. The molecule has 1 aliphatic heterocycles. The molecular formula is C16H23NO5. The van der Waals surface area contributed by atoms with Crippen molar-refractivity contribution in [2.45, 2.75) is 45.1 Å². The van der Waals surface area contributed by atoms with Gasteiger partial charge in [0.2, 0.25) is 5.91 Å². The molecule has 1 fully saturated rings. The van der Waals surface area contributed by atoms with Crippen LogP contribution in [0, 0.1) is 17.8 Å². The minimum Gasteiger partial charge on any atom is -0.469 e. The van der Waals surface area contributed by atoms with Gasteiger partial charge < -0.3 is 14.4 Å². The lowest BCUT2D eigenvalue weighted by atomic mass is 9.97. The van der Waals surface area contributed by atoms with Crippen LogP contribution in [0.5, 0.6) is 0 Å². The third kappa shape index (κ3) is 4.76. The van der Waals surface area contributed by atoms with Crippen molar-refractivity contribution >= 4 is 17.8 Å². The molecule has 1 heterocycles. The van der Waals surface area contributed by atoms with Crippen molar-refractivity contribution in [2.75, 3.05) is 20.8 Å². The average Bonchev–Trinajstić information content (AvgIpc) is 3.02. The summed E-state index contributed by atoms with van der Waals surface area (Å²) in [5.41, 5.74) is 0. The predicted molar refractivity (Wildman–Crippen MR) is 79.6 cm³/mol. The summed E-state index contributed by atoms with van der Waals surface area (Å²) in [5.74, 6) is 4.36. The largest absolute Gasteiger partial charge is 0.469 e. The van der Waals surface area contributed by atoms with Crippen LogP contribution >= 0.6 is 0 Å². The van der Waals surface area contributed by atoms with Gasteiger partial charge in [-0.3, -0.25) is 9.59 Å². The Labute approximate surface area is 131 Å². The van der Waals surface area contributed by atoms with Crippen LogP contribution in [-0.4, -0.2) is 49.6 Å². The highest BCUT2D eigenvalue weighted by molar-refractivity contribution is 5.86. The van der Waals surface area contributed by atoms with Gasteiger partial charge in [0.15, 0.2) is 0 Å². The number of hydrogen-bond donors (Lipinski definition) is 0. The van der Waals surface area contributed by atoms with Gasteiger partial charge in [-0.05, 0) is 26.2 Å². The Hall–Kier alpha value is -2.03. The first-order valence-electron chi connectivity index (χ1n) is 7.39. The number of hydrogen-bond acceptors (Lipinski definition) is 5. The lowest BCUT2D eigenvalue weighted by molar-refractivity contribution is -0.152. The maximum Gasteiger partial charge on any atom is 0.328 e. The quantitative estimate of drug-likeness (QED) is 0.543. The summed E-state index contributed by atoms with van der Waals surface area (Å²) in [6.07, 6.45) is 2.28. The van der Waals surface area contributed by atoms with Gasteiger partial charge in [-0.2, -0.15) is 0 Å². The van der Waals surface area contributed by atoms with E-state index < -0.39 is 12.0 Å². The van der Waals surface area contributed by atoms with Crippen molar-refractivity contribution < 1.29 is 23.9 Å². The molecule has 22 heavy (non-hydrogen) atoms. The molecule has 0 aromatic heterocycles. The Kier molecular flexibility index (Phi) is 7.44. The topological polar surface area (TPSA) is 72.9 Å². The van der Waals surface area contributed by atoms with Gasteiger partial charge in [-0.1, -0.05) is 0 Å². The first-order valence-corrected chi connectivity index (χ1v) is 7.39. The molecule has 0 spiro atoms. The smallest absolute Gasteiger partial charge is 0.328 e. The molecule has 0 aromatic carbocycles. The maximum atomic E-state index is 12.7. The van der Waals surface area contributed by atoms with Crippen molar-refractivity contribution in [3.63, 3.8) is 0 Å². The molecule has 0 radical (unpaired) electrons. The highest BCUT2D eigenvalue weighted by atomic mass is 16.5. The fraction of sp³-hybridized carbons (Fsp3) is 0.688. The zero-order chi connectivity index (χ0) is 16.5. The maximum absolute atomic E-state index is 12.7. The van der Waals surface area contributed by atoms with Crippen LogP contribution in [0.1, 0.15) is 39.0 Å². The fourth-order valence-electron chi connectivity index (χ4n) is 2.58. The second-order valence-electron chi connectivity index (χ2n) is 5.16. The van der Waals surface area contributed by atoms with Gasteiger partial charge in [-0.15, -0.1) is 11.8 Å². The molecule has 1 amide bonds. The number of methoxy groups -OCH3 is 2. The van der Waals surface area contributed by atoms with Crippen molar-refractivity contribution in [1.29, 1.82) is 0 Å². The van der Waals surface area contributed by atoms with Crippen molar-refractivity contribution in [3.05, 3.63) is 0 Å². The zero-order valence-corrected chi connectivity index (χ0v) is 13.4. The second-order valence-corrected chi connectivity index (χ2v) is 5.16. The number of carbonyl (C=O) groups excluding carboxylic acids is 3. The van der Waals surface area contributed by atoms with E-state index >= 15 is 0 Å². The SMILES string of the molecule is CC#CCC(CCC(=O)OC)C(=O)N1CCC[C@H]1C(=O)OC. The standard InChI is InChI=1S/C16H23NO5/c1-4-5-7-12(9-10-14(18)21-2)15(19)17-11-6-8-13(17)16(20)22-3/h12-13H,6-11H2,1-3H3/t12?,13-/m0/s1. The molecule has 1 aliphatic rings. The number of likely N-dealkylation sites (tertiary alicyclic amines) is 1. The van der Waals surface area contributed by atoms with Crippen LogP contribution in [0.2, 0.25) is 0 Å². The van der Waals surface area contributed by atoms with E-state index in [0.29, 0.717) is 25.8 Å². The summed E-state index contributed by atoms with van der Waals surface area (Å²) in [6, 6.07) is -0.521. The van der Waals surface area contributed by atoms with Gasteiger partial charge >= 0.3 is 11.9 Å². The summed E-state index contributed by atoms with van der Waals surface area (Å²) in [4.78, 5) is 37.3. The third-order valence-electron chi connectivity index (χ3n) is 3.81. The van der Waals surface area contributed by atoms with E-state index in [1.54, 1.807) is 11.8 Å². The molecule has 122 valence electrons.